The maximum absolute atomic E-state index is 3.57. The van der Waals surface area contributed by atoms with Crippen molar-refractivity contribution in [1.82, 2.24) is 10.2 Å². The summed E-state index contributed by atoms with van der Waals surface area (Å²) in [7, 11) is 4.23. The Balaban J connectivity index is 2.35. The summed E-state index contributed by atoms with van der Waals surface area (Å²) in [6.07, 6.45) is 1.20. The predicted octanol–water partition coefficient (Wildman–Crippen LogP) is 2.60. The van der Waals surface area contributed by atoms with Gasteiger partial charge in [-0.1, -0.05) is 24.3 Å². The fourth-order valence-electron chi connectivity index (χ4n) is 1.90. The molecule has 2 heteroatoms. The fourth-order valence-corrected chi connectivity index (χ4v) is 1.90. The summed E-state index contributed by atoms with van der Waals surface area (Å²) in [6.45, 7) is 6.63. The van der Waals surface area contributed by atoms with Gasteiger partial charge in [-0.25, -0.2) is 0 Å². The summed E-state index contributed by atoms with van der Waals surface area (Å²) in [6, 6.07) is 9.04. The van der Waals surface area contributed by atoms with Gasteiger partial charge in [-0.05, 0) is 58.6 Å². The maximum Gasteiger partial charge on any atom is 0.0294 e. The molecular formula is C14H24N2. The van der Waals surface area contributed by atoms with Crippen molar-refractivity contribution in [2.45, 2.75) is 26.3 Å². The summed E-state index contributed by atoms with van der Waals surface area (Å²) < 4.78 is 0. The average Bonchev–Trinajstić information content (AvgIpc) is 2.24. The van der Waals surface area contributed by atoms with Gasteiger partial charge >= 0.3 is 0 Å². The van der Waals surface area contributed by atoms with Gasteiger partial charge in [-0.15, -0.1) is 0 Å². The fraction of sp³-hybridized carbons (Fsp3) is 0.571. The van der Waals surface area contributed by atoms with Crippen LogP contribution in [-0.4, -0.2) is 32.1 Å². The van der Waals surface area contributed by atoms with Crippen molar-refractivity contribution < 1.29 is 0 Å². The number of nitrogens with one attached hydrogen (secondary N) is 1. The molecule has 1 aromatic rings. The normalized spacial score (nSPS) is 13.1. The summed E-state index contributed by atoms with van der Waals surface area (Å²) in [5, 5.41) is 3.57. The smallest absolute Gasteiger partial charge is 0.0294 e. The zero-order valence-electron chi connectivity index (χ0n) is 11.0. The highest BCUT2D eigenvalue weighted by molar-refractivity contribution is 5.28. The van der Waals surface area contributed by atoms with E-state index in [1.807, 2.05) is 0 Å². The molecule has 1 aromatic carbocycles. The van der Waals surface area contributed by atoms with Crippen LogP contribution in [0.2, 0.25) is 0 Å². The lowest BCUT2D eigenvalue weighted by Crippen LogP contribution is -2.24. The topological polar surface area (TPSA) is 15.3 Å². The van der Waals surface area contributed by atoms with Crippen LogP contribution in [0.5, 0.6) is 0 Å². The molecule has 0 unspecified atom stereocenters. The first-order valence-corrected chi connectivity index (χ1v) is 6.05. The first-order valence-electron chi connectivity index (χ1n) is 6.05. The van der Waals surface area contributed by atoms with Crippen molar-refractivity contribution in [3.8, 4) is 0 Å². The van der Waals surface area contributed by atoms with E-state index in [0.29, 0.717) is 6.04 Å². The Morgan fingerprint density at radius 3 is 2.56 bits per heavy atom. The molecule has 1 atom stereocenters. The predicted molar refractivity (Wildman–Crippen MR) is 70.8 cm³/mol. The quantitative estimate of drug-likeness (QED) is 0.741. The zero-order valence-corrected chi connectivity index (χ0v) is 11.0. The van der Waals surface area contributed by atoms with Gasteiger partial charge in [0.1, 0.15) is 0 Å². The van der Waals surface area contributed by atoms with E-state index in [2.05, 4.69) is 62.4 Å². The number of benzene rings is 1. The van der Waals surface area contributed by atoms with E-state index in [-0.39, 0.29) is 0 Å². The van der Waals surface area contributed by atoms with Crippen molar-refractivity contribution >= 4 is 0 Å². The van der Waals surface area contributed by atoms with Crippen LogP contribution in [0.4, 0.5) is 0 Å². The molecule has 0 fully saturated rings. The lowest BCUT2D eigenvalue weighted by atomic mass is 10.0. The van der Waals surface area contributed by atoms with Gasteiger partial charge in [0.05, 0.1) is 0 Å². The minimum absolute atomic E-state index is 0.448. The molecule has 0 aliphatic heterocycles. The van der Waals surface area contributed by atoms with Crippen LogP contribution in [0.15, 0.2) is 24.3 Å². The summed E-state index contributed by atoms with van der Waals surface area (Å²) >= 11 is 0. The molecule has 1 rings (SSSR count). The first-order chi connectivity index (χ1) is 7.61. The Morgan fingerprint density at radius 1 is 1.25 bits per heavy atom. The minimum atomic E-state index is 0.448. The monoisotopic (exact) mass is 220 g/mol. The van der Waals surface area contributed by atoms with Crippen LogP contribution in [0, 0.1) is 6.92 Å². The third-order valence-corrected chi connectivity index (χ3v) is 2.89. The molecule has 0 heterocycles. The highest BCUT2D eigenvalue weighted by Gasteiger charge is 2.06. The number of hydrogen-bond donors (Lipinski definition) is 1. The van der Waals surface area contributed by atoms with E-state index in [1.54, 1.807) is 0 Å². The number of nitrogens with zero attached hydrogens (tertiary/aromatic N) is 1. The highest BCUT2D eigenvalue weighted by atomic mass is 15.1. The number of hydrogen-bond acceptors (Lipinski definition) is 2. The molecule has 0 radical (unpaired) electrons. The van der Waals surface area contributed by atoms with Crippen molar-refractivity contribution in [3.63, 3.8) is 0 Å². The van der Waals surface area contributed by atoms with Gasteiger partial charge in [0, 0.05) is 6.04 Å². The highest BCUT2D eigenvalue weighted by Crippen LogP contribution is 2.16. The third-order valence-electron chi connectivity index (χ3n) is 2.89. The molecule has 0 amide bonds. The molecular weight excluding hydrogens is 196 g/mol. The van der Waals surface area contributed by atoms with Gasteiger partial charge in [0.2, 0.25) is 0 Å². The Kier molecular flexibility index (Phi) is 5.50. The van der Waals surface area contributed by atoms with E-state index < -0.39 is 0 Å². The lowest BCUT2D eigenvalue weighted by molar-refractivity contribution is 0.389. The summed E-state index contributed by atoms with van der Waals surface area (Å²) in [5.41, 5.74) is 2.78. The Labute approximate surface area is 99.7 Å². The molecule has 0 spiro atoms. The van der Waals surface area contributed by atoms with Crippen molar-refractivity contribution in [2.24, 2.45) is 0 Å². The second kappa shape index (κ2) is 6.66. The van der Waals surface area contributed by atoms with Crippen LogP contribution >= 0.6 is 0 Å². The van der Waals surface area contributed by atoms with Crippen LogP contribution in [0.1, 0.15) is 30.5 Å². The second-order valence-electron chi connectivity index (χ2n) is 4.69. The third kappa shape index (κ3) is 4.33. The maximum atomic E-state index is 3.57. The number of rotatable bonds is 6. The molecule has 0 aliphatic rings. The Morgan fingerprint density at radius 2 is 1.94 bits per heavy atom. The largest absolute Gasteiger partial charge is 0.310 e. The van der Waals surface area contributed by atoms with E-state index in [1.165, 1.54) is 17.5 Å². The van der Waals surface area contributed by atoms with Crippen LogP contribution < -0.4 is 5.32 Å². The molecule has 90 valence electrons. The van der Waals surface area contributed by atoms with Gasteiger partial charge in [0.15, 0.2) is 0 Å². The summed E-state index contributed by atoms with van der Waals surface area (Å²) in [5.74, 6) is 0. The van der Waals surface area contributed by atoms with Crippen molar-refractivity contribution in [2.75, 3.05) is 27.2 Å². The Bertz CT molecular complexity index is 307. The molecule has 0 bridgehead atoms. The van der Waals surface area contributed by atoms with Crippen LogP contribution in [-0.2, 0) is 0 Å². The second-order valence-corrected chi connectivity index (χ2v) is 4.69. The molecule has 0 aliphatic carbocycles. The van der Waals surface area contributed by atoms with Crippen molar-refractivity contribution in [1.29, 1.82) is 0 Å². The number of aryl methyl sites for hydroxylation is 1. The van der Waals surface area contributed by atoms with Crippen LogP contribution in [0.3, 0.4) is 0 Å². The van der Waals surface area contributed by atoms with Gasteiger partial charge < -0.3 is 10.2 Å². The van der Waals surface area contributed by atoms with E-state index in [4.69, 9.17) is 0 Å². The zero-order chi connectivity index (χ0) is 12.0. The van der Waals surface area contributed by atoms with E-state index in [9.17, 15) is 0 Å². The molecule has 1 N–H and O–H groups in total. The molecule has 0 saturated heterocycles. The standard InChI is InChI=1S/C14H24N2/c1-12-8-5-6-9-14(12)13(2)15-10-7-11-16(3)4/h5-6,8-9,13,15H,7,10-11H2,1-4H3/t13-/m1/s1. The molecule has 2 nitrogen and oxygen atoms in total. The van der Waals surface area contributed by atoms with E-state index in [0.717, 1.165) is 13.1 Å². The van der Waals surface area contributed by atoms with Gasteiger partial charge in [-0.2, -0.15) is 0 Å². The SMILES string of the molecule is Cc1ccccc1[C@@H](C)NCCCN(C)C. The first kappa shape index (κ1) is 13.2. The Hall–Kier alpha value is -0.860. The minimum Gasteiger partial charge on any atom is -0.310 e. The van der Waals surface area contributed by atoms with Crippen LogP contribution in [0.25, 0.3) is 0 Å². The molecule has 0 aromatic heterocycles. The van der Waals surface area contributed by atoms with Crippen molar-refractivity contribution in [3.05, 3.63) is 35.4 Å². The van der Waals surface area contributed by atoms with Gasteiger partial charge in [-0.3, -0.25) is 0 Å². The average molecular weight is 220 g/mol. The lowest BCUT2D eigenvalue weighted by Gasteiger charge is -2.17. The molecule has 0 saturated carbocycles. The van der Waals surface area contributed by atoms with Gasteiger partial charge in [0.25, 0.3) is 0 Å². The molecule has 16 heavy (non-hydrogen) atoms. The van der Waals surface area contributed by atoms with E-state index >= 15 is 0 Å². The summed E-state index contributed by atoms with van der Waals surface area (Å²) in [4.78, 5) is 2.22.